The summed E-state index contributed by atoms with van der Waals surface area (Å²) in [6.07, 6.45) is 2.82. The maximum absolute atomic E-state index is 12.9. The molecule has 1 aromatic heterocycles. The number of carbonyl (C=O) groups excluding carboxylic acids is 3. The maximum atomic E-state index is 12.9. The van der Waals surface area contributed by atoms with E-state index in [-0.39, 0.29) is 25.1 Å². The zero-order chi connectivity index (χ0) is 22.6. The van der Waals surface area contributed by atoms with Crippen LogP contribution in [0.1, 0.15) is 35.8 Å². The predicted octanol–water partition coefficient (Wildman–Crippen LogP) is 2.76. The number of esters is 1. The Kier molecular flexibility index (Phi) is 10.5. The summed E-state index contributed by atoms with van der Waals surface area (Å²) >= 11 is 4.77. The van der Waals surface area contributed by atoms with E-state index in [2.05, 4.69) is 41.3 Å². The molecule has 166 valence electrons. The van der Waals surface area contributed by atoms with E-state index in [0.717, 1.165) is 17.7 Å². The van der Waals surface area contributed by atoms with Gasteiger partial charge in [-0.2, -0.15) is 0 Å². The SMILES string of the molecule is CCCSc1ncc(Br)c(C(=O)N[C@H](Cc2ccccc2)C(=O)NCCC(=O)OC)n1. The van der Waals surface area contributed by atoms with E-state index >= 15 is 0 Å². The van der Waals surface area contributed by atoms with E-state index in [9.17, 15) is 14.4 Å². The Balaban J connectivity index is 2.14. The highest BCUT2D eigenvalue weighted by Gasteiger charge is 2.24. The molecule has 0 aliphatic rings. The first-order chi connectivity index (χ1) is 14.9. The molecular formula is C21H25BrN4O4S. The van der Waals surface area contributed by atoms with Crippen LogP contribution in [0.4, 0.5) is 0 Å². The summed E-state index contributed by atoms with van der Waals surface area (Å²) in [5.74, 6) is -0.475. The Bertz CT molecular complexity index is 898. The molecule has 31 heavy (non-hydrogen) atoms. The van der Waals surface area contributed by atoms with Crippen molar-refractivity contribution < 1.29 is 19.1 Å². The van der Waals surface area contributed by atoms with Crippen LogP contribution in [0, 0.1) is 0 Å². The monoisotopic (exact) mass is 508 g/mol. The number of rotatable bonds is 11. The zero-order valence-electron chi connectivity index (χ0n) is 17.4. The predicted molar refractivity (Wildman–Crippen MR) is 122 cm³/mol. The molecule has 1 heterocycles. The van der Waals surface area contributed by atoms with Gasteiger partial charge in [0.15, 0.2) is 5.16 Å². The lowest BCUT2D eigenvalue weighted by molar-refractivity contribution is -0.140. The number of hydrogen-bond acceptors (Lipinski definition) is 7. The summed E-state index contributed by atoms with van der Waals surface area (Å²) in [5.41, 5.74) is 1.05. The van der Waals surface area contributed by atoms with Crippen molar-refractivity contribution in [2.75, 3.05) is 19.4 Å². The average molecular weight is 509 g/mol. The van der Waals surface area contributed by atoms with Crippen LogP contribution in [-0.4, -0.2) is 53.2 Å². The van der Waals surface area contributed by atoms with Crippen molar-refractivity contribution in [2.24, 2.45) is 0 Å². The number of halogens is 1. The number of thioether (sulfide) groups is 1. The minimum absolute atomic E-state index is 0.0454. The van der Waals surface area contributed by atoms with Crippen molar-refractivity contribution in [3.05, 3.63) is 52.3 Å². The fourth-order valence-electron chi connectivity index (χ4n) is 2.57. The van der Waals surface area contributed by atoms with E-state index in [1.165, 1.54) is 25.1 Å². The number of nitrogens with one attached hydrogen (secondary N) is 2. The molecule has 0 spiro atoms. The second kappa shape index (κ2) is 13.1. The van der Waals surface area contributed by atoms with Gasteiger partial charge in [0.05, 0.1) is 18.0 Å². The van der Waals surface area contributed by atoms with Gasteiger partial charge in [-0.25, -0.2) is 9.97 Å². The third-order valence-electron chi connectivity index (χ3n) is 4.13. The molecule has 2 amide bonds. The van der Waals surface area contributed by atoms with Gasteiger partial charge in [0.2, 0.25) is 5.91 Å². The number of methoxy groups -OCH3 is 1. The van der Waals surface area contributed by atoms with Crippen LogP contribution in [0.5, 0.6) is 0 Å². The quantitative estimate of drug-likeness (QED) is 0.272. The highest BCUT2D eigenvalue weighted by molar-refractivity contribution is 9.10. The Hall–Kier alpha value is -2.46. The summed E-state index contributed by atoms with van der Waals surface area (Å²) in [5, 5.41) is 5.93. The second-order valence-electron chi connectivity index (χ2n) is 6.53. The van der Waals surface area contributed by atoms with Crippen molar-refractivity contribution in [1.29, 1.82) is 0 Å². The number of hydrogen-bond donors (Lipinski definition) is 2. The Morgan fingerprint density at radius 1 is 1.23 bits per heavy atom. The molecule has 1 aromatic carbocycles. The van der Waals surface area contributed by atoms with Crippen LogP contribution in [-0.2, 0) is 20.7 Å². The average Bonchev–Trinajstić information content (AvgIpc) is 2.78. The van der Waals surface area contributed by atoms with Crippen molar-refractivity contribution in [1.82, 2.24) is 20.6 Å². The summed E-state index contributed by atoms with van der Waals surface area (Å²) in [4.78, 5) is 45.5. The van der Waals surface area contributed by atoms with Gasteiger partial charge in [-0.05, 0) is 27.9 Å². The summed E-state index contributed by atoms with van der Waals surface area (Å²) in [6.45, 7) is 2.16. The van der Waals surface area contributed by atoms with Crippen molar-refractivity contribution >= 4 is 45.5 Å². The van der Waals surface area contributed by atoms with E-state index in [0.29, 0.717) is 9.63 Å². The smallest absolute Gasteiger partial charge is 0.307 e. The van der Waals surface area contributed by atoms with E-state index in [4.69, 9.17) is 0 Å². The van der Waals surface area contributed by atoms with Crippen LogP contribution in [0.2, 0.25) is 0 Å². The summed E-state index contributed by atoms with van der Waals surface area (Å²) in [7, 11) is 1.29. The zero-order valence-corrected chi connectivity index (χ0v) is 19.8. The molecule has 0 saturated carbocycles. The van der Waals surface area contributed by atoms with Crippen LogP contribution in [0.15, 0.2) is 46.2 Å². The molecule has 0 saturated heterocycles. The van der Waals surface area contributed by atoms with Gasteiger partial charge in [-0.1, -0.05) is 49.0 Å². The van der Waals surface area contributed by atoms with Gasteiger partial charge in [-0.15, -0.1) is 0 Å². The van der Waals surface area contributed by atoms with E-state index < -0.39 is 23.8 Å². The van der Waals surface area contributed by atoms with Crippen LogP contribution < -0.4 is 10.6 Å². The molecule has 0 radical (unpaired) electrons. The highest BCUT2D eigenvalue weighted by Crippen LogP contribution is 2.19. The maximum Gasteiger partial charge on any atom is 0.307 e. The van der Waals surface area contributed by atoms with E-state index in [1.807, 2.05) is 37.3 Å². The van der Waals surface area contributed by atoms with Gasteiger partial charge in [0.1, 0.15) is 11.7 Å². The lowest BCUT2D eigenvalue weighted by atomic mass is 10.0. The second-order valence-corrected chi connectivity index (χ2v) is 8.45. The number of amides is 2. The van der Waals surface area contributed by atoms with Gasteiger partial charge in [0.25, 0.3) is 5.91 Å². The topological polar surface area (TPSA) is 110 Å². The first-order valence-corrected chi connectivity index (χ1v) is 11.6. The minimum atomic E-state index is -0.846. The van der Waals surface area contributed by atoms with Crippen LogP contribution >= 0.6 is 27.7 Å². The van der Waals surface area contributed by atoms with Crippen molar-refractivity contribution in [3.8, 4) is 0 Å². The number of carbonyl (C=O) groups is 3. The van der Waals surface area contributed by atoms with Crippen molar-refractivity contribution in [2.45, 2.75) is 37.4 Å². The van der Waals surface area contributed by atoms with Gasteiger partial charge >= 0.3 is 5.97 Å². The summed E-state index contributed by atoms with van der Waals surface area (Å²) < 4.78 is 5.02. The summed E-state index contributed by atoms with van der Waals surface area (Å²) in [6, 6.07) is 8.51. The minimum Gasteiger partial charge on any atom is -0.469 e. The third kappa shape index (κ3) is 8.29. The Morgan fingerprint density at radius 2 is 1.97 bits per heavy atom. The van der Waals surface area contributed by atoms with Crippen molar-refractivity contribution in [3.63, 3.8) is 0 Å². The number of nitrogens with zero attached hydrogens (tertiary/aromatic N) is 2. The third-order valence-corrected chi connectivity index (χ3v) is 5.78. The molecule has 0 bridgehead atoms. The number of benzene rings is 1. The fourth-order valence-corrected chi connectivity index (χ4v) is 3.61. The largest absolute Gasteiger partial charge is 0.469 e. The first-order valence-electron chi connectivity index (χ1n) is 9.79. The number of ether oxygens (including phenoxy) is 1. The van der Waals surface area contributed by atoms with Gasteiger partial charge in [-0.3, -0.25) is 14.4 Å². The first kappa shape index (κ1) is 24.8. The molecule has 2 N–H and O–H groups in total. The molecule has 2 rings (SSSR count). The molecule has 0 fully saturated rings. The molecule has 0 unspecified atom stereocenters. The van der Waals surface area contributed by atoms with Crippen LogP contribution in [0.3, 0.4) is 0 Å². The molecular weight excluding hydrogens is 484 g/mol. The van der Waals surface area contributed by atoms with E-state index in [1.54, 1.807) is 0 Å². The highest BCUT2D eigenvalue weighted by atomic mass is 79.9. The standard InChI is InChI=1S/C21H25BrN4O4S/c1-3-11-31-21-24-13-15(22)18(26-21)20(29)25-16(12-14-7-5-4-6-8-14)19(28)23-10-9-17(27)30-2/h4-8,13,16H,3,9-12H2,1-2H3,(H,23,28)(H,25,29)/t16-/m1/s1. The lowest BCUT2D eigenvalue weighted by Gasteiger charge is -2.19. The Labute approximate surface area is 194 Å². The fraction of sp³-hybridized carbons (Fsp3) is 0.381. The lowest BCUT2D eigenvalue weighted by Crippen LogP contribution is -2.48. The molecule has 2 aromatic rings. The Morgan fingerprint density at radius 3 is 2.65 bits per heavy atom. The molecule has 0 aliphatic carbocycles. The van der Waals surface area contributed by atoms with Gasteiger partial charge in [0, 0.05) is 24.9 Å². The number of aromatic nitrogens is 2. The molecule has 10 heteroatoms. The molecule has 0 aliphatic heterocycles. The van der Waals surface area contributed by atoms with Gasteiger partial charge < -0.3 is 15.4 Å². The normalized spacial score (nSPS) is 11.5. The molecule has 8 nitrogen and oxygen atoms in total. The molecule has 1 atom stereocenters. The van der Waals surface area contributed by atoms with Crippen LogP contribution in [0.25, 0.3) is 0 Å².